The summed E-state index contributed by atoms with van der Waals surface area (Å²) >= 11 is 0. The molecule has 2 rings (SSSR count). The number of hydrogen-bond donors (Lipinski definition) is 1. The number of likely N-dealkylation sites (tertiary alicyclic amines) is 1. The van der Waals surface area contributed by atoms with Crippen molar-refractivity contribution in [2.24, 2.45) is 5.73 Å². The van der Waals surface area contributed by atoms with E-state index in [1.807, 2.05) is 6.07 Å². The molecule has 0 radical (unpaired) electrons. The molecule has 1 aliphatic heterocycles. The first-order valence-corrected chi connectivity index (χ1v) is 7.95. The average molecular weight is 292 g/mol. The van der Waals surface area contributed by atoms with Crippen molar-refractivity contribution in [3.05, 3.63) is 23.8 Å². The van der Waals surface area contributed by atoms with Gasteiger partial charge in [-0.2, -0.15) is 0 Å². The minimum absolute atomic E-state index is 0.265. The van der Waals surface area contributed by atoms with Gasteiger partial charge in [-0.1, -0.05) is 6.07 Å². The van der Waals surface area contributed by atoms with Crippen molar-refractivity contribution in [3.63, 3.8) is 0 Å². The third-order valence-electron chi connectivity index (χ3n) is 4.02. The zero-order valence-electron chi connectivity index (χ0n) is 13.3. The largest absolute Gasteiger partial charge is 0.493 e. The van der Waals surface area contributed by atoms with Gasteiger partial charge >= 0.3 is 0 Å². The lowest BCUT2D eigenvalue weighted by Crippen LogP contribution is -2.38. The van der Waals surface area contributed by atoms with Crippen molar-refractivity contribution < 1.29 is 9.47 Å². The molecule has 0 aliphatic carbocycles. The molecule has 0 aromatic heterocycles. The number of methoxy groups -OCH3 is 1. The molecule has 4 heteroatoms. The van der Waals surface area contributed by atoms with E-state index in [1.165, 1.54) is 12.0 Å². The highest BCUT2D eigenvalue weighted by molar-refractivity contribution is 5.43. The van der Waals surface area contributed by atoms with E-state index in [-0.39, 0.29) is 6.10 Å². The Morgan fingerprint density at radius 1 is 1.29 bits per heavy atom. The number of unbranched alkanes of at least 4 members (excludes halogenated alkanes) is 1. The van der Waals surface area contributed by atoms with Crippen LogP contribution in [0.4, 0.5) is 0 Å². The van der Waals surface area contributed by atoms with Crippen LogP contribution in [-0.4, -0.2) is 44.8 Å². The SMILES string of the molecule is COc1cc(CCCCN)ccc1OC1CCCN(C)C1. The van der Waals surface area contributed by atoms with Gasteiger partial charge in [0.2, 0.25) is 0 Å². The topological polar surface area (TPSA) is 47.7 Å². The molecular weight excluding hydrogens is 264 g/mol. The summed E-state index contributed by atoms with van der Waals surface area (Å²) in [5, 5.41) is 0. The fourth-order valence-electron chi connectivity index (χ4n) is 2.83. The number of likely N-dealkylation sites (N-methyl/N-ethyl adjacent to an activating group) is 1. The van der Waals surface area contributed by atoms with Crippen molar-refractivity contribution in [3.8, 4) is 11.5 Å². The van der Waals surface area contributed by atoms with E-state index in [2.05, 4.69) is 24.1 Å². The van der Waals surface area contributed by atoms with E-state index in [9.17, 15) is 0 Å². The highest BCUT2D eigenvalue weighted by Gasteiger charge is 2.20. The van der Waals surface area contributed by atoms with E-state index >= 15 is 0 Å². The second kappa shape index (κ2) is 8.25. The lowest BCUT2D eigenvalue weighted by atomic mass is 10.1. The average Bonchev–Trinajstić information content (AvgIpc) is 2.49. The summed E-state index contributed by atoms with van der Waals surface area (Å²) in [4.78, 5) is 2.32. The molecule has 1 saturated heterocycles. The Morgan fingerprint density at radius 2 is 2.14 bits per heavy atom. The van der Waals surface area contributed by atoms with Crippen LogP contribution in [0.5, 0.6) is 11.5 Å². The predicted octanol–water partition coefficient (Wildman–Crippen LogP) is 2.45. The van der Waals surface area contributed by atoms with Gasteiger partial charge in [0.05, 0.1) is 7.11 Å². The Balaban J connectivity index is 1.98. The van der Waals surface area contributed by atoms with Crippen LogP contribution in [0, 0.1) is 0 Å². The fraction of sp³-hybridized carbons (Fsp3) is 0.647. The fourth-order valence-corrected chi connectivity index (χ4v) is 2.83. The number of benzene rings is 1. The Morgan fingerprint density at radius 3 is 2.86 bits per heavy atom. The number of piperidine rings is 1. The van der Waals surface area contributed by atoms with Gasteiger partial charge in [0.1, 0.15) is 6.10 Å². The Kier molecular flexibility index (Phi) is 6.33. The van der Waals surface area contributed by atoms with E-state index < -0.39 is 0 Å². The van der Waals surface area contributed by atoms with Gasteiger partial charge in [0, 0.05) is 6.54 Å². The molecular formula is C17H28N2O2. The third-order valence-corrected chi connectivity index (χ3v) is 4.02. The maximum atomic E-state index is 6.14. The number of nitrogens with zero attached hydrogens (tertiary/aromatic N) is 1. The summed E-state index contributed by atoms with van der Waals surface area (Å²) in [6.45, 7) is 2.91. The minimum Gasteiger partial charge on any atom is -0.493 e. The Bertz CT molecular complexity index is 437. The molecule has 0 spiro atoms. The molecule has 1 aliphatic rings. The zero-order chi connectivity index (χ0) is 15.1. The summed E-state index contributed by atoms with van der Waals surface area (Å²) < 4.78 is 11.6. The lowest BCUT2D eigenvalue weighted by Gasteiger charge is -2.30. The molecule has 1 fully saturated rings. The predicted molar refractivity (Wildman–Crippen MR) is 86.1 cm³/mol. The van der Waals surface area contributed by atoms with E-state index in [1.54, 1.807) is 7.11 Å². The second-order valence-corrected chi connectivity index (χ2v) is 5.88. The van der Waals surface area contributed by atoms with Crippen LogP contribution in [-0.2, 0) is 6.42 Å². The van der Waals surface area contributed by atoms with Gasteiger partial charge in [0.15, 0.2) is 11.5 Å². The van der Waals surface area contributed by atoms with Crippen molar-refractivity contribution in [2.75, 3.05) is 33.8 Å². The molecule has 2 N–H and O–H groups in total. The Hall–Kier alpha value is -1.26. The number of nitrogens with two attached hydrogens (primary N) is 1. The summed E-state index contributed by atoms with van der Waals surface area (Å²) in [6, 6.07) is 6.28. The van der Waals surface area contributed by atoms with Crippen LogP contribution >= 0.6 is 0 Å². The standard InChI is InChI=1S/C17H28N2O2/c1-19-11-5-7-15(13-19)21-16-9-8-14(6-3-4-10-18)12-17(16)20-2/h8-9,12,15H,3-7,10-11,13,18H2,1-2H3. The molecule has 1 atom stereocenters. The van der Waals surface area contributed by atoms with Crippen LogP contribution in [0.1, 0.15) is 31.2 Å². The molecule has 1 unspecified atom stereocenters. The monoisotopic (exact) mass is 292 g/mol. The van der Waals surface area contributed by atoms with Gasteiger partial charge in [0.25, 0.3) is 0 Å². The number of rotatable bonds is 7. The first-order valence-electron chi connectivity index (χ1n) is 7.95. The molecule has 4 nitrogen and oxygen atoms in total. The maximum absolute atomic E-state index is 6.14. The molecule has 1 aromatic rings. The van der Waals surface area contributed by atoms with Crippen LogP contribution < -0.4 is 15.2 Å². The quantitative estimate of drug-likeness (QED) is 0.784. The van der Waals surface area contributed by atoms with Crippen LogP contribution in [0.15, 0.2) is 18.2 Å². The van der Waals surface area contributed by atoms with Crippen molar-refractivity contribution in [1.82, 2.24) is 4.90 Å². The zero-order valence-corrected chi connectivity index (χ0v) is 13.3. The third kappa shape index (κ3) is 4.90. The summed E-state index contributed by atoms with van der Waals surface area (Å²) in [5.74, 6) is 1.70. The first kappa shape index (κ1) is 16.1. The summed E-state index contributed by atoms with van der Waals surface area (Å²) in [6.07, 6.45) is 5.80. The number of hydrogen-bond acceptors (Lipinski definition) is 4. The molecule has 0 bridgehead atoms. The number of aryl methyl sites for hydroxylation is 1. The summed E-state index contributed by atoms with van der Waals surface area (Å²) in [5.41, 5.74) is 6.83. The summed E-state index contributed by atoms with van der Waals surface area (Å²) in [7, 11) is 3.85. The van der Waals surface area contributed by atoms with Gasteiger partial charge in [-0.3, -0.25) is 0 Å². The van der Waals surface area contributed by atoms with Crippen LogP contribution in [0.2, 0.25) is 0 Å². The van der Waals surface area contributed by atoms with Crippen molar-refractivity contribution >= 4 is 0 Å². The normalized spacial score (nSPS) is 19.5. The molecule has 1 heterocycles. The van der Waals surface area contributed by atoms with Crippen LogP contribution in [0.25, 0.3) is 0 Å². The van der Waals surface area contributed by atoms with Crippen LogP contribution in [0.3, 0.4) is 0 Å². The van der Waals surface area contributed by atoms with E-state index in [0.717, 1.165) is 56.8 Å². The van der Waals surface area contributed by atoms with E-state index in [0.29, 0.717) is 0 Å². The number of ether oxygens (including phenoxy) is 2. The minimum atomic E-state index is 0.265. The molecule has 0 amide bonds. The molecule has 1 aromatic carbocycles. The first-order chi connectivity index (χ1) is 10.2. The molecule has 21 heavy (non-hydrogen) atoms. The Labute approximate surface area is 128 Å². The van der Waals surface area contributed by atoms with E-state index in [4.69, 9.17) is 15.2 Å². The van der Waals surface area contributed by atoms with Crippen molar-refractivity contribution in [2.45, 2.75) is 38.2 Å². The highest BCUT2D eigenvalue weighted by Crippen LogP contribution is 2.30. The lowest BCUT2D eigenvalue weighted by molar-refractivity contribution is 0.101. The molecule has 118 valence electrons. The van der Waals surface area contributed by atoms with Gasteiger partial charge in [-0.15, -0.1) is 0 Å². The van der Waals surface area contributed by atoms with Gasteiger partial charge in [-0.05, 0) is 69.9 Å². The highest BCUT2D eigenvalue weighted by atomic mass is 16.5. The van der Waals surface area contributed by atoms with Crippen molar-refractivity contribution in [1.29, 1.82) is 0 Å². The second-order valence-electron chi connectivity index (χ2n) is 5.88. The maximum Gasteiger partial charge on any atom is 0.161 e. The van der Waals surface area contributed by atoms with Gasteiger partial charge in [-0.25, -0.2) is 0 Å². The van der Waals surface area contributed by atoms with Gasteiger partial charge < -0.3 is 20.1 Å². The molecule has 0 saturated carbocycles. The smallest absolute Gasteiger partial charge is 0.161 e.